The molecule has 1 atom stereocenters. The summed E-state index contributed by atoms with van der Waals surface area (Å²) < 4.78 is 7.98. The number of amides is 1. The van der Waals surface area contributed by atoms with Crippen molar-refractivity contribution in [1.29, 1.82) is 0 Å². The molecular formula is C25H31N3O3. The van der Waals surface area contributed by atoms with Crippen LogP contribution in [0.2, 0.25) is 0 Å². The Morgan fingerprint density at radius 1 is 1.03 bits per heavy atom. The van der Waals surface area contributed by atoms with Crippen molar-refractivity contribution >= 4 is 11.7 Å². The lowest BCUT2D eigenvalue weighted by Gasteiger charge is -2.32. The normalized spacial score (nSPS) is 21.7. The molecule has 3 aliphatic rings. The average molecular weight is 422 g/mol. The fourth-order valence-corrected chi connectivity index (χ4v) is 5.46. The van der Waals surface area contributed by atoms with Gasteiger partial charge in [-0.1, -0.05) is 43.5 Å². The van der Waals surface area contributed by atoms with E-state index in [2.05, 4.69) is 21.7 Å². The number of Topliss-reactive ketones (excluding diaryl/α,β-unsaturated/α-hetero) is 1. The lowest BCUT2D eigenvalue weighted by molar-refractivity contribution is -0.141. The molecule has 1 aliphatic carbocycles. The second kappa shape index (κ2) is 8.95. The summed E-state index contributed by atoms with van der Waals surface area (Å²) in [7, 11) is 0. The molecule has 0 spiro atoms. The molecule has 1 aromatic carbocycles. The molecule has 2 fully saturated rings. The summed E-state index contributed by atoms with van der Waals surface area (Å²) in [4.78, 5) is 31.9. The van der Waals surface area contributed by atoms with Crippen molar-refractivity contribution < 1.29 is 14.3 Å². The van der Waals surface area contributed by atoms with E-state index in [0.717, 1.165) is 31.4 Å². The molecule has 6 nitrogen and oxygen atoms in total. The summed E-state index contributed by atoms with van der Waals surface area (Å²) in [6.07, 6.45) is 11.8. The predicted molar refractivity (Wildman–Crippen MR) is 118 cm³/mol. The Balaban J connectivity index is 1.14. The number of nitrogens with zero attached hydrogens (tertiary/aromatic N) is 3. The fourth-order valence-electron chi connectivity index (χ4n) is 5.46. The van der Waals surface area contributed by atoms with Crippen LogP contribution in [-0.2, 0) is 14.3 Å². The van der Waals surface area contributed by atoms with Gasteiger partial charge in [-0.05, 0) is 31.2 Å². The molecule has 0 bridgehead atoms. The van der Waals surface area contributed by atoms with E-state index < -0.39 is 0 Å². The van der Waals surface area contributed by atoms with Crippen molar-refractivity contribution in [2.24, 2.45) is 5.92 Å². The van der Waals surface area contributed by atoms with E-state index in [9.17, 15) is 9.59 Å². The van der Waals surface area contributed by atoms with Gasteiger partial charge in [0.1, 0.15) is 12.4 Å². The van der Waals surface area contributed by atoms with Crippen LogP contribution in [0.25, 0.3) is 11.3 Å². The molecule has 1 saturated heterocycles. The van der Waals surface area contributed by atoms with E-state index in [4.69, 9.17) is 4.74 Å². The fraction of sp³-hybridized carbons (Fsp3) is 0.560. The first-order chi connectivity index (χ1) is 15.2. The van der Waals surface area contributed by atoms with E-state index in [1.165, 1.54) is 30.4 Å². The van der Waals surface area contributed by atoms with Crippen LogP contribution in [0.1, 0.15) is 63.0 Å². The van der Waals surface area contributed by atoms with Gasteiger partial charge in [-0.15, -0.1) is 0 Å². The van der Waals surface area contributed by atoms with Gasteiger partial charge in [-0.25, -0.2) is 4.98 Å². The van der Waals surface area contributed by atoms with Crippen molar-refractivity contribution in [3.05, 3.63) is 42.4 Å². The number of imidazole rings is 1. The van der Waals surface area contributed by atoms with E-state index >= 15 is 0 Å². The number of likely N-dealkylation sites (tertiary alicyclic amines) is 1. The van der Waals surface area contributed by atoms with E-state index in [0.29, 0.717) is 25.3 Å². The Morgan fingerprint density at radius 3 is 2.61 bits per heavy atom. The van der Waals surface area contributed by atoms with Crippen molar-refractivity contribution in [3.8, 4) is 11.3 Å². The predicted octanol–water partition coefficient (Wildman–Crippen LogP) is 4.00. The van der Waals surface area contributed by atoms with Crippen LogP contribution in [0.3, 0.4) is 0 Å². The number of carbonyl (C=O) groups excluding carboxylic acids is 2. The first-order valence-corrected chi connectivity index (χ1v) is 11.7. The first-order valence-electron chi connectivity index (χ1n) is 11.7. The molecule has 1 saturated carbocycles. The second-order valence-electron chi connectivity index (χ2n) is 9.19. The number of hydrogen-bond donors (Lipinski definition) is 0. The molecule has 0 N–H and O–H groups in total. The average Bonchev–Trinajstić information content (AvgIpc) is 3.41. The summed E-state index contributed by atoms with van der Waals surface area (Å²) in [6, 6.07) is 8.33. The molecule has 3 heterocycles. The zero-order valence-corrected chi connectivity index (χ0v) is 18.0. The molecule has 1 amide bonds. The van der Waals surface area contributed by atoms with Crippen molar-refractivity contribution in [2.45, 2.75) is 63.5 Å². The molecule has 2 aliphatic heterocycles. The number of rotatable bonds is 6. The number of hydrogen-bond acceptors (Lipinski definition) is 4. The van der Waals surface area contributed by atoms with Gasteiger partial charge in [0.25, 0.3) is 0 Å². The zero-order chi connectivity index (χ0) is 21.2. The van der Waals surface area contributed by atoms with Crippen LogP contribution >= 0.6 is 0 Å². The third kappa shape index (κ3) is 4.18. The van der Waals surface area contributed by atoms with Crippen LogP contribution < -0.4 is 0 Å². The van der Waals surface area contributed by atoms with Gasteiger partial charge in [0.2, 0.25) is 5.91 Å². The van der Waals surface area contributed by atoms with Crippen molar-refractivity contribution in [1.82, 2.24) is 14.5 Å². The molecule has 2 aromatic rings. The number of benzene rings is 1. The number of ether oxygens (including phenoxy) is 1. The maximum atomic E-state index is 13.1. The molecular weight excluding hydrogens is 390 g/mol. The van der Waals surface area contributed by atoms with E-state index in [1.54, 1.807) is 0 Å². The van der Waals surface area contributed by atoms with E-state index in [-0.39, 0.29) is 30.6 Å². The van der Waals surface area contributed by atoms with E-state index in [1.807, 2.05) is 29.6 Å². The maximum Gasteiger partial charge on any atom is 0.248 e. The SMILES string of the molecule is O=C(CC1c2ccccc2-c2cncn21)C1CCN(C(=O)COC2CCCCC2)CC1. The van der Waals surface area contributed by atoms with Crippen LogP contribution in [-0.4, -0.2) is 51.9 Å². The summed E-state index contributed by atoms with van der Waals surface area (Å²) in [5.41, 5.74) is 3.48. The smallest absolute Gasteiger partial charge is 0.248 e. The quantitative estimate of drug-likeness (QED) is 0.707. The highest BCUT2D eigenvalue weighted by molar-refractivity contribution is 5.84. The van der Waals surface area contributed by atoms with Gasteiger partial charge < -0.3 is 14.2 Å². The summed E-state index contributed by atoms with van der Waals surface area (Å²) in [6.45, 7) is 1.49. The minimum atomic E-state index is 0.0306. The Morgan fingerprint density at radius 2 is 1.81 bits per heavy atom. The minimum absolute atomic E-state index is 0.0306. The standard InChI is InChI=1S/C25H31N3O3/c29-24(14-22-20-8-4-5-9-21(20)23-15-26-17-28(22)23)18-10-12-27(13-11-18)25(30)16-31-19-6-2-1-3-7-19/h4-5,8-9,15,17-19,22H,1-3,6-7,10-14,16H2. The Labute approximate surface area is 183 Å². The molecule has 1 aromatic heterocycles. The van der Waals surface area contributed by atoms with Gasteiger partial charge in [0, 0.05) is 31.0 Å². The summed E-state index contributed by atoms with van der Waals surface area (Å²) in [5.74, 6) is 0.402. The van der Waals surface area contributed by atoms with Crippen molar-refractivity contribution in [3.63, 3.8) is 0 Å². The van der Waals surface area contributed by atoms with Gasteiger partial charge in [-0.3, -0.25) is 9.59 Å². The first kappa shape index (κ1) is 20.4. The number of aromatic nitrogens is 2. The lowest BCUT2D eigenvalue weighted by Crippen LogP contribution is -2.42. The molecule has 5 rings (SSSR count). The Kier molecular flexibility index (Phi) is 5.90. The van der Waals surface area contributed by atoms with Crippen molar-refractivity contribution in [2.75, 3.05) is 19.7 Å². The highest BCUT2D eigenvalue weighted by Gasteiger charge is 2.33. The van der Waals surface area contributed by atoms with Gasteiger partial charge in [0.15, 0.2) is 0 Å². The zero-order valence-electron chi connectivity index (χ0n) is 18.0. The number of piperidine rings is 1. The van der Waals surface area contributed by atoms with Crippen LogP contribution in [0, 0.1) is 5.92 Å². The molecule has 1 unspecified atom stereocenters. The van der Waals surface area contributed by atoms with Gasteiger partial charge >= 0.3 is 0 Å². The minimum Gasteiger partial charge on any atom is -0.368 e. The van der Waals surface area contributed by atoms with Crippen LogP contribution in [0.15, 0.2) is 36.8 Å². The highest BCUT2D eigenvalue weighted by Crippen LogP contribution is 2.41. The summed E-state index contributed by atoms with van der Waals surface area (Å²) in [5, 5.41) is 0. The Hall–Kier alpha value is -2.47. The number of fused-ring (bicyclic) bond motifs is 3. The monoisotopic (exact) mass is 421 g/mol. The molecule has 0 radical (unpaired) electrons. The highest BCUT2D eigenvalue weighted by atomic mass is 16.5. The third-order valence-electron chi connectivity index (χ3n) is 7.29. The van der Waals surface area contributed by atoms with Crippen LogP contribution in [0.5, 0.6) is 0 Å². The van der Waals surface area contributed by atoms with Crippen LogP contribution in [0.4, 0.5) is 0 Å². The maximum absolute atomic E-state index is 13.1. The number of ketones is 1. The van der Waals surface area contributed by atoms with Gasteiger partial charge in [-0.2, -0.15) is 0 Å². The molecule has 31 heavy (non-hydrogen) atoms. The second-order valence-corrected chi connectivity index (χ2v) is 9.19. The summed E-state index contributed by atoms with van der Waals surface area (Å²) >= 11 is 0. The van der Waals surface area contributed by atoms with Gasteiger partial charge in [0.05, 0.1) is 30.4 Å². The lowest BCUT2D eigenvalue weighted by atomic mass is 9.87. The third-order valence-corrected chi connectivity index (χ3v) is 7.29. The number of carbonyl (C=O) groups is 2. The Bertz CT molecular complexity index is 939. The molecule has 164 valence electrons. The molecule has 6 heteroatoms. The largest absolute Gasteiger partial charge is 0.368 e. The topological polar surface area (TPSA) is 64.4 Å².